The van der Waals surface area contributed by atoms with Crippen molar-refractivity contribution in [1.29, 1.82) is 5.26 Å². The van der Waals surface area contributed by atoms with Gasteiger partial charge in [0.2, 0.25) is 0 Å². The van der Waals surface area contributed by atoms with Crippen LogP contribution in [0.15, 0.2) is 17.5 Å². The molecule has 1 fully saturated rings. The maximum Gasteiger partial charge on any atom is 0.260 e. The molecule has 1 saturated heterocycles. The van der Waals surface area contributed by atoms with Crippen molar-refractivity contribution in [3.05, 3.63) is 28.0 Å². The highest BCUT2D eigenvalue weighted by Gasteiger charge is 2.28. The van der Waals surface area contributed by atoms with E-state index in [4.69, 9.17) is 21.6 Å². The number of aliphatic hydroxyl groups is 1. The van der Waals surface area contributed by atoms with E-state index in [-0.39, 0.29) is 17.2 Å². The number of thiophene rings is 2. The molecule has 1 aliphatic rings. The molecule has 29 heavy (non-hydrogen) atoms. The number of anilines is 2. The van der Waals surface area contributed by atoms with Crippen LogP contribution in [0.4, 0.5) is 11.5 Å². The number of pyridine rings is 1. The molecule has 0 aromatic carbocycles. The standard InChI is InChI=1S/C19H20N6O2S2/c20-10-11-13(12-2-1-9-28-12)14-15(21)16(17(22)27)29-19(14)23-18(11)25-5-3-24(4-6-25)7-8-26/h1-2,9,26H,3-8,21H2,(H2,22,27). The predicted molar refractivity (Wildman–Crippen MR) is 116 cm³/mol. The molecule has 1 amide bonds. The van der Waals surface area contributed by atoms with Crippen molar-refractivity contribution in [3.8, 4) is 16.5 Å². The van der Waals surface area contributed by atoms with Gasteiger partial charge in [0.05, 0.1) is 12.3 Å². The number of amides is 1. The topological polar surface area (TPSA) is 132 Å². The van der Waals surface area contributed by atoms with E-state index in [0.717, 1.165) is 29.3 Å². The molecule has 0 atom stereocenters. The summed E-state index contributed by atoms with van der Waals surface area (Å²) in [6.07, 6.45) is 0. The summed E-state index contributed by atoms with van der Waals surface area (Å²) >= 11 is 2.67. The number of nitrogens with zero attached hydrogens (tertiary/aromatic N) is 4. The Morgan fingerprint density at radius 1 is 1.34 bits per heavy atom. The number of nitrogens with two attached hydrogens (primary N) is 2. The van der Waals surface area contributed by atoms with Gasteiger partial charge in [-0.25, -0.2) is 4.98 Å². The highest BCUT2D eigenvalue weighted by atomic mass is 32.1. The zero-order valence-electron chi connectivity index (χ0n) is 15.6. The highest BCUT2D eigenvalue weighted by Crippen LogP contribution is 2.45. The molecule has 3 aromatic rings. The van der Waals surface area contributed by atoms with Gasteiger partial charge >= 0.3 is 0 Å². The Bertz CT molecular complexity index is 1090. The first-order valence-corrected chi connectivity index (χ1v) is 10.8. The molecule has 0 saturated carbocycles. The number of β-amino-alcohol motifs (C(OH)–C–C–N with tert-alkyl or cyclic N) is 1. The molecule has 0 aliphatic carbocycles. The first-order valence-electron chi connectivity index (χ1n) is 9.13. The summed E-state index contributed by atoms with van der Waals surface area (Å²) in [5.74, 6) is 0.00428. The van der Waals surface area contributed by atoms with Gasteiger partial charge in [0.15, 0.2) is 0 Å². The molecule has 4 heterocycles. The lowest BCUT2D eigenvalue weighted by Crippen LogP contribution is -2.47. The van der Waals surface area contributed by atoms with Crippen LogP contribution in [0.5, 0.6) is 0 Å². The lowest BCUT2D eigenvalue weighted by atomic mass is 10.0. The fourth-order valence-electron chi connectivity index (χ4n) is 3.65. The Balaban J connectivity index is 1.90. The molecule has 150 valence electrons. The van der Waals surface area contributed by atoms with Crippen molar-refractivity contribution in [1.82, 2.24) is 9.88 Å². The van der Waals surface area contributed by atoms with Crippen LogP contribution in [0.2, 0.25) is 0 Å². The van der Waals surface area contributed by atoms with Gasteiger partial charge in [0.25, 0.3) is 5.91 Å². The van der Waals surface area contributed by atoms with E-state index in [1.54, 1.807) is 0 Å². The Morgan fingerprint density at radius 3 is 2.69 bits per heavy atom. The summed E-state index contributed by atoms with van der Waals surface area (Å²) in [5, 5.41) is 21.8. The van der Waals surface area contributed by atoms with Gasteiger partial charge in [0, 0.05) is 48.6 Å². The average molecular weight is 429 g/mol. The molecule has 10 heteroatoms. The Kier molecular flexibility index (Phi) is 5.38. The van der Waals surface area contributed by atoms with Crippen molar-refractivity contribution >= 4 is 50.3 Å². The minimum atomic E-state index is -0.597. The molecular formula is C19H20N6O2S2. The van der Waals surface area contributed by atoms with E-state index in [0.29, 0.717) is 46.8 Å². The Labute approximate surface area is 175 Å². The lowest BCUT2D eigenvalue weighted by Gasteiger charge is -2.35. The molecule has 0 bridgehead atoms. The number of primary amides is 1. The maximum atomic E-state index is 11.9. The van der Waals surface area contributed by atoms with Gasteiger partial charge in [-0.15, -0.1) is 22.7 Å². The zero-order chi connectivity index (χ0) is 20.5. The summed E-state index contributed by atoms with van der Waals surface area (Å²) in [6.45, 7) is 3.70. The summed E-state index contributed by atoms with van der Waals surface area (Å²) in [4.78, 5) is 22.6. The van der Waals surface area contributed by atoms with Gasteiger partial charge < -0.3 is 21.5 Å². The molecule has 0 spiro atoms. The smallest absolute Gasteiger partial charge is 0.260 e. The van der Waals surface area contributed by atoms with Crippen molar-refractivity contribution in [2.45, 2.75) is 0 Å². The number of rotatable bonds is 5. The highest BCUT2D eigenvalue weighted by molar-refractivity contribution is 7.21. The number of nitrogen functional groups attached to an aromatic ring is 1. The number of carbonyl (C=O) groups excluding carboxylic acids is 1. The van der Waals surface area contributed by atoms with Gasteiger partial charge in [-0.05, 0) is 11.4 Å². The molecule has 8 nitrogen and oxygen atoms in total. The number of fused-ring (bicyclic) bond motifs is 1. The lowest BCUT2D eigenvalue weighted by molar-refractivity contribution is 0.100. The molecule has 5 N–H and O–H groups in total. The van der Waals surface area contributed by atoms with Crippen LogP contribution in [0, 0.1) is 11.3 Å². The second-order valence-corrected chi connectivity index (χ2v) is 8.66. The third-order valence-corrected chi connectivity index (χ3v) is 7.05. The quantitative estimate of drug-likeness (QED) is 0.563. The van der Waals surface area contributed by atoms with Crippen molar-refractivity contribution < 1.29 is 9.90 Å². The van der Waals surface area contributed by atoms with Crippen molar-refractivity contribution in [3.63, 3.8) is 0 Å². The van der Waals surface area contributed by atoms with E-state index >= 15 is 0 Å². The van der Waals surface area contributed by atoms with Crippen LogP contribution in [0.1, 0.15) is 15.2 Å². The van der Waals surface area contributed by atoms with Crippen LogP contribution in [0.3, 0.4) is 0 Å². The Hall–Kier alpha value is -2.71. The molecule has 4 rings (SSSR count). The number of hydrogen-bond acceptors (Lipinski definition) is 9. The largest absolute Gasteiger partial charge is 0.397 e. The monoisotopic (exact) mass is 428 g/mol. The van der Waals surface area contributed by atoms with E-state index < -0.39 is 5.91 Å². The van der Waals surface area contributed by atoms with Crippen LogP contribution >= 0.6 is 22.7 Å². The molecular weight excluding hydrogens is 408 g/mol. The third-order valence-electron chi connectivity index (χ3n) is 5.05. The molecule has 3 aromatic heterocycles. The van der Waals surface area contributed by atoms with Gasteiger partial charge in [-0.3, -0.25) is 9.69 Å². The van der Waals surface area contributed by atoms with Gasteiger partial charge in [-0.1, -0.05) is 6.07 Å². The van der Waals surface area contributed by atoms with E-state index in [1.807, 2.05) is 17.5 Å². The SMILES string of the molecule is N#Cc1c(N2CCN(CCO)CC2)nc2sc(C(N)=O)c(N)c2c1-c1cccs1. The minimum absolute atomic E-state index is 0.126. The zero-order valence-corrected chi connectivity index (χ0v) is 17.2. The molecule has 0 radical (unpaired) electrons. The summed E-state index contributed by atoms with van der Waals surface area (Å²) in [6, 6.07) is 6.18. The summed E-state index contributed by atoms with van der Waals surface area (Å²) in [7, 11) is 0. The first kappa shape index (κ1) is 19.6. The number of hydrogen-bond donors (Lipinski definition) is 3. The second kappa shape index (κ2) is 7.96. The third kappa shape index (κ3) is 3.42. The maximum absolute atomic E-state index is 11.9. The number of piperazine rings is 1. The summed E-state index contributed by atoms with van der Waals surface area (Å²) < 4.78 is 0. The predicted octanol–water partition coefficient (Wildman–Crippen LogP) is 1.69. The van der Waals surface area contributed by atoms with E-state index in [2.05, 4.69) is 15.9 Å². The number of nitriles is 1. The average Bonchev–Trinajstić information content (AvgIpc) is 3.36. The minimum Gasteiger partial charge on any atom is -0.397 e. The first-order chi connectivity index (χ1) is 14.0. The van der Waals surface area contributed by atoms with Crippen molar-refractivity contribution in [2.75, 3.05) is 50.0 Å². The van der Waals surface area contributed by atoms with Crippen LogP contribution in [0.25, 0.3) is 20.7 Å². The normalized spacial score (nSPS) is 15.0. The van der Waals surface area contributed by atoms with E-state index in [1.165, 1.54) is 11.3 Å². The molecule has 0 unspecified atom stereocenters. The van der Waals surface area contributed by atoms with Crippen LogP contribution < -0.4 is 16.4 Å². The fraction of sp³-hybridized carbons (Fsp3) is 0.316. The number of aromatic nitrogens is 1. The van der Waals surface area contributed by atoms with Crippen LogP contribution in [-0.4, -0.2) is 60.2 Å². The van der Waals surface area contributed by atoms with Gasteiger partial charge in [0.1, 0.15) is 27.2 Å². The van der Waals surface area contributed by atoms with E-state index in [9.17, 15) is 10.1 Å². The number of aliphatic hydroxyl groups excluding tert-OH is 1. The number of carbonyl (C=O) groups is 1. The second-order valence-electron chi connectivity index (χ2n) is 6.72. The van der Waals surface area contributed by atoms with Crippen molar-refractivity contribution in [2.24, 2.45) is 5.73 Å². The molecule has 1 aliphatic heterocycles. The van der Waals surface area contributed by atoms with Crippen LogP contribution in [-0.2, 0) is 0 Å². The summed E-state index contributed by atoms with van der Waals surface area (Å²) in [5.41, 5.74) is 13.2. The Morgan fingerprint density at radius 2 is 2.10 bits per heavy atom. The van der Waals surface area contributed by atoms with Gasteiger partial charge in [-0.2, -0.15) is 5.26 Å². The fourth-order valence-corrected chi connectivity index (χ4v) is 5.39.